The molecule has 2 atom stereocenters. The zero-order valence-corrected chi connectivity index (χ0v) is 21.0. The second kappa shape index (κ2) is 9.66. The van der Waals surface area contributed by atoms with Crippen LogP contribution in [-0.2, 0) is 28.1 Å². The number of benzene rings is 2. The summed E-state index contributed by atoms with van der Waals surface area (Å²) in [5, 5.41) is 20.2. The van der Waals surface area contributed by atoms with E-state index in [2.05, 4.69) is 11.0 Å². The maximum atomic E-state index is 13.3. The molecule has 8 heteroatoms. The number of para-hydroxylation sites is 1. The lowest BCUT2D eigenvalue weighted by Crippen LogP contribution is -2.63. The van der Waals surface area contributed by atoms with Gasteiger partial charge in [0.05, 0.1) is 17.3 Å². The summed E-state index contributed by atoms with van der Waals surface area (Å²) in [6, 6.07) is 13.9. The van der Waals surface area contributed by atoms with Gasteiger partial charge in [-0.3, -0.25) is 14.6 Å². The van der Waals surface area contributed by atoms with E-state index in [1.165, 1.54) is 4.90 Å². The Morgan fingerprint density at radius 1 is 1.14 bits per heavy atom. The first-order valence-corrected chi connectivity index (χ1v) is 12.8. The molecule has 0 radical (unpaired) electrons. The van der Waals surface area contributed by atoms with Crippen LogP contribution in [0.25, 0.3) is 0 Å². The maximum Gasteiger partial charge on any atom is 0.323 e. The number of aliphatic carboxylic acids is 1. The fraction of sp³-hybridized carbons (Fsp3) is 0.414. The van der Waals surface area contributed by atoms with Crippen LogP contribution in [0.4, 0.5) is 10.5 Å². The van der Waals surface area contributed by atoms with Gasteiger partial charge in [0.1, 0.15) is 11.6 Å². The number of fused-ring (bicyclic) bond motifs is 2. The summed E-state index contributed by atoms with van der Waals surface area (Å²) >= 11 is 0. The summed E-state index contributed by atoms with van der Waals surface area (Å²) in [5.74, 6) is -0.876. The molecule has 3 N–H and O–H groups in total. The van der Waals surface area contributed by atoms with E-state index < -0.39 is 29.1 Å². The number of carbonyl (C=O) groups excluding carboxylic acids is 1. The molecular weight excluding hydrogens is 468 g/mol. The van der Waals surface area contributed by atoms with Crippen molar-refractivity contribution < 1.29 is 19.4 Å². The molecule has 2 aromatic carbocycles. The largest absolute Gasteiger partial charge is 0.480 e. The molecule has 8 nitrogen and oxygen atoms in total. The highest BCUT2D eigenvalue weighted by atomic mass is 16.5. The molecule has 0 aromatic heterocycles. The monoisotopic (exact) mass is 500 g/mol. The van der Waals surface area contributed by atoms with Crippen LogP contribution in [0.2, 0.25) is 0 Å². The number of amides is 2. The Kier molecular flexibility index (Phi) is 6.52. The summed E-state index contributed by atoms with van der Waals surface area (Å²) in [7, 11) is 1.63. The van der Waals surface area contributed by atoms with Gasteiger partial charge in [0.15, 0.2) is 0 Å². The van der Waals surface area contributed by atoms with Crippen molar-refractivity contribution in [3.8, 4) is 6.07 Å². The quantitative estimate of drug-likeness (QED) is 0.633. The molecule has 2 aromatic rings. The molecule has 192 valence electrons. The third-order valence-corrected chi connectivity index (χ3v) is 8.57. The van der Waals surface area contributed by atoms with Crippen molar-refractivity contribution in [3.63, 3.8) is 0 Å². The van der Waals surface area contributed by atoms with Crippen LogP contribution in [0.5, 0.6) is 0 Å². The molecule has 1 aliphatic carbocycles. The number of rotatable bonds is 5. The van der Waals surface area contributed by atoms with Gasteiger partial charge in [0.2, 0.25) is 0 Å². The smallest absolute Gasteiger partial charge is 0.323 e. The topological polar surface area (TPSA) is 120 Å². The van der Waals surface area contributed by atoms with Crippen molar-refractivity contribution in [1.29, 1.82) is 5.26 Å². The predicted octanol–water partition coefficient (Wildman–Crippen LogP) is 4.27. The van der Waals surface area contributed by atoms with Gasteiger partial charge in [-0.2, -0.15) is 5.26 Å². The summed E-state index contributed by atoms with van der Waals surface area (Å²) in [5.41, 5.74) is 7.96. The number of hydrogen-bond donors (Lipinski definition) is 2. The van der Waals surface area contributed by atoms with Gasteiger partial charge in [0, 0.05) is 37.4 Å². The van der Waals surface area contributed by atoms with Crippen molar-refractivity contribution in [1.82, 2.24) is 4.90 Å². The van der Waals surface area contributed by atoms with Crippen molar-refractivity contribution in [2.24, 2.45) is 11.1 Å². The molecular formula is C29H32N4O4. The number of carboxylic acids is 1. The van der Waals surface area contributed by atoms with Crippen molar-refractivity contribution in [2.45, 2.75) is 56.7 Å². The van der Waals surface area contributed by atoms with Crippen LogP contribution in [-0.4, -0.2) is 41.7 Å². The number of carboxylic acid groups (broad SMARTS) is 1. The highest BCUT2D eigenvalue weighted by Crippen LogP contribution is 2.59. The van der Waals surface area contributed by atoms with Crippen LogP contribution < -0.4 is 10.6 Å². The Bertz CT molecular complexity index is 1290. The number of anilines is 1. The van der Waals surface area contributed by atoms with Crippen molar-refractivity contribution in [3.05, 3.63) is 77.0 Å². The van der Waals surface area contributed by atoms with E-state index in [0.29, 0.717) is 43.6 Å². The number of ether oxygens (including phenoxy) is 1. The lowest BCUT2D eigenvalue weighted by atomic mass is 9.55. The van der Waals surface area contributed by atoms with E-state index in [0.717, 1.165) is 36.0 Å². The van der Waals surface area contributed by atoms with Crippen LogP contribution in [0.3, 0.4) is 0 Å². The fourth-order valence-electron chi connectivity index (χ4n) is 6.99. The first-order valence-electron chi connectivity index (χ1n) is 12.8. The van der Waals surface area contributed by atoms with E-state index >= 15 is 0 Å². The summed E-state index contributed by atoms with van der Waals surface area (Å²) in [6.45, 7) is 1.05. The number of urea groups is 1. The standard InChI is InChI=1S/C29H32N4O4/c1-37-29(14-16-33(27(31)36)24-8-4-3-7-23(24)29)28(12-5-2-6-13-28)25(26(34)35)32-15-11-21-17-20(18-30)9-10-22(21)19-32/h3-4,7-10,14,16-17,25H,2,5-6,11-13,15,19H2,1H3,(H2,31,36)(H,34,35). The first-order chi connectivity index (χ1) is 17.9. The number of methoxy groups -OCH3 is 1. The molecule has 3 aliphatic rings. The van der Waals surface area contributed by atoms with E-state index in [1.54, 1.807) is 19.4 Å². The number of nitriles is 1. The molecule has 0 saturated heterocycles. The molecule has 2 heterocycles. The normalized spacial score (nSPS) is 23.4. The molecule has 2 unspecified atom stereocenters. The van der Waals surface area contributed by atoms with Crippen LogP contribution in [0, 0.1) is 16.7 Å². The van der Waals surface area contributed by atoms with Gasteiger partial charge >= 0.3 is 12.0 Å². The van der Waals surface area contributed by atoms with Crippen LogP contribution >= 0.6 is 0 Å². The number of nitrogens with zero attached hydrogens (tertiary/aromatic N) is 3. The minimum absolute atomic E-state index is 0.484. The number of hydrogen-bond acceptors (Lipinski definition) is 5. The van der Waals surface area contributed by atoms with Gasteiger partial charge in [-0.15, -0.1) is 0 Å². The minimum atomic E-state index is -1.07. The molecule has 2 amide bonds. The van der Waals surface area contributed by atoms with Crippen LogP contribution in [0.15, 0.2) is 54.7 Å². The van der Waals surface area contributed by atoms with E-state index in [9.17, 15) is 20.0 Å². The Morgan fingerprint density at radius 3 is 2.57 bits per heavy atom. The first kappa shape index (κ1) is 25.0. The molecule has 37 heavy (non-hydrogen) atoms. The zero-order chi connectivity index (χ0) is 26.2. The fourth-order valence-corrected chi connectivity index (χ4v) is 6.99. The number of nitrogens with two attached hydrogens (primary N) is 1. The summed E-state index contributed by atoms with van der Waals surface area (Å²) < 4.78 is 6.41. The average molecular weight is 501 g/mol. The molecule has 2 aliphatic heterocycles. The Labute approximate surface area is 216 Å². The highest BCUT2D eigenvalue weighted by Gasteiger charge is 2.61. The van der Waals surface area contributed by atoms with E-state index in [4.69, 9.17) is 10.5 Å². The van der Waals surface area contributed by atoms with Gasteiger partial charge in [-0.25, -0.2) is 4.79 Å². The van der Waals surface area contributed by atoms with Crippen molar-refractivity contribution >= 4 is 17.7 Å². The molecule has 1 saturated carbocycles. The van der Waals surface area contributed by atoms with Gasteiger partial charge in [0.25, 0.3) is 0 Å². The van der Waals surface area contributed by atoms with Crippen molar-refractivity contribution in [2.75, 3.05) is 18.6 Å². The Balaban J connectivity index is 1.65. The van der Waals surface area contributed by atoms with Crippen LogP contribution in [0.1, 0.15) is 54.4 Å². The average Bonchev–Trinajstić information content (AvgIpc) is 2.92. The Morgan fingerprint density at radius 2 is 1.89 bits per heavy atom. The van der Waals surface area contributed by atoms with E-state index in [-0.39, 0.29) is 0 Å². The minimum Gasteiger partial charge on any atom is -0.480 e. The molecule has 0 bridgehead atoms. The maximum absolute atomic E-state index is 13.3. The lowest BCUT2D eigenvalue weighted by Gasteiger charge is -2.57. The zero-order valence-electron chi connectivity index (χ0n) is 21.0. The van der Waals surface area contributed by atoms with Gasteiger partial charge in [-0.1, -0.05) is 43.5 Å². The summed E-state index contributed by atoms with van der Waals surface area (Å²) in [6.07, 6.45) is 8.31. The number of carbonyl (C=O) groups is 2. The summed E-state index contributed by atoms with van der Waals surface area (Å²) in [4.78, 5) is 29.0. The molecule has 1 fully saturated rings. The third-order valence-electron chi connectivity index (χ3n) is 8.57. The molecule has 5 rings (SSSR count). The second-order valence-corrected chi connectivity index (χ2v) is 10.3. The second-order valence-electron chi connectivity index (χ2n) is 10.3. The Hall–Kier alpha value is -3.67. The number of primary amides is 1. The molecule has 0 spiro atoms. The predicted molar refractivity (Wildman–Crippen MR) is 139 cm³/mol. The van der Waals surface area contributed by atoms with Gasteiger partial charge < -0.3 is 15.6 Å². The van der Waals surface area contributed by atoms with E-state index in [1.807, 2.05) is 42.5 Å². The SMILES string of the molecule is COC1(C2(C(C(=O)O)N3CCc4cc(C#N)ccc4C3)CCCCC2)C=CN(C(N)=O)c2ccccc21. The lowest BCUT2D eigenvalue weighted by molar-refractivity contribution is -0.176. The van der Waals surface area contributed by atoms with Gasteiger partial charge in [-0.05, 0) is 54.7 Å². The third kappa shape index (κ3) is 3.90. The highest BCUT2D eigenvalue weighted by molar-refractivity contribution is 5.94.